The van der Waals surface area contributed by atoms with E-state index in [1.165, 1.54) is 4.68 Å². The van der Waals surface area contributed by atoms with Crippen molar-refractivity contribution in [2.24, 2.45) is 0 Å². The Kier molecular flexibility index (Phi) is 4.29. The summed E-state index contributed by atoms with van der Waals surface area (Å²) in [6.45, 7) is 3.71. The predicted octanol–water partition coefficient (Wildman–Crippen LogP) is 2.73. The molecule has 0 fully saturated rings. The molecule has 0 saturated heterocycles. The smallest absolute Gasteiger partial charge is 0.290 e. The number of hydrogen-bond donors (Lipinski definition) is 2. The summed E-state index contributed by atoms with van der Waals surface area (Å²) in [5.41, 5.74) is 6.24. The van der Waals surface area contributed by atoms with E-state index in [-0.39, 0.29) is 17.3 Å². The first-order valence-electron chi connectivity index (χ1n) is 7.71. The van der Waals surface area contributed by atoms with Crippen molar-refractivity contribution in [3.8, 4) is 0 Å². The molecule has 2 aromatic carbocycles. The van der Waals surface area contributed by atoms with E-state index >= 15 is 0 Å². The molecule has 0 saturated carbocycles. The molecule has 6 nitrogen and oxygen atoms in total. The van der Waals surface area contributed by atoms with Gasteiger partial charge in [-0.25, -0.2) is 4.68 Å². The van der Waals surface area contributed by atoms with Gasteiger partial charge in [-0.3, -0.25) is 20.4 Å². The van der Waals surface area contributed by atoms with E-state index in [1.807, 2.05) is 44.2 Å². The maximum Gasteiger partial charge on any atom is 0.290 e. The van der Waals surface area contributed by atoms with Gasteiger partial charge in [0, 0.05) is 5.39 Å². The topological polar surface area (TPSA) is 76.0 Å². The van der Waals surface area contributed by atoms with Crippen molar-refractivity contribution in [2.45, 2.75) is 19.9 Å². The van der Waals surface area contributed by atoms with Gasteiger partial charge in [0.2, 0.25) is 0 Å². The second kappa shape index (κ2) is 6.54. The lowest BCUT2D eigenvalue weighted by atomic mass is 10.1. The molecule has 122 valence electrons. The summed E-state index contributed by atoms with van der Waals surface area (Å²) < 4.78 is 1.33. The maximum atomic E-state index is 12.6. The summed E-state index contributed by atoms with van der Waals surface area (Å²) in [7, 11) is 0. The first-order valence-corrected chi connectivity index (χ1v) is 7.71. The standard InChI is InChI=1S/C18H18N4O2/c1-12(2)22-18(24)15-11-7-6-10-14(15)16(21-22)17(23)20-19-13-8-4-3-5-9-13/h3-12,19H,1-2H3,(H,20,23). The minimum Gasteiger partial charge on any atom is -0.298 e. The van der Waals surface area contributed by atoms with E-state index < -0.39 is 5.91 Å². The molecule has 1 heterocycles. The number of rotatable bonds is 4. The van der Waals surface area contributed by atoms with Crippen LogP contribution in [0.5, 0.6) is 0 Å². The van der Waals surface area contributed by atoms with Crippen molar-refractivity contribution in [1.29, 1.82) is 0 Å². The van der Waals surface area contributed by atoms with Crippen LogP contribution in [0, 0.1) is 0 Å². The fraction of sp³-hybridized carbons (Fsp3) is 0.167. The van der Waals surface area contributed by atoms with Crippen LogP contribution in [0.4, 0.5) is 5.69 Å². The number of fused-ring (bicyclic) bond motifs is 1. The number of nitrogens with one attached hydrogen (secondary N) is 2. The Morgan fingerprint density at radius 2 is 1.62 bits per heavy atom. The Bertz CT molecular complexity index is 933. The minimum atomic E-state index is -0.399. The molecule has 6 heteroatoms. The average Bonchev–Trinajstić information content (AvgIpc) is 2.61. The number of carbonyl (C=O) groups is 1. The first-order chi connectivity index (χ1) is 11.6. The van der Waals surface area contributed by atoms with E-state index in [0.29, 0.717) is 10.8 Å². The van der Waals surface area contributed by atoms with Gasteiger partial charge in [0.05, 0.1) is 17.1 Å². The van der Waals surface area contributed by atoms with Gasteiger partial charge in [0.25, 0.3) is 11.5 Å². The highest BCUT2D eigenvalue weighted by molar-refractivity contribution is 6.05. The number of hydrazine groups is 1. The lowest BCUT2D eigenvalue weighted by molar-refractivity contribution is 0.0957. The van der Waals surface area contributed by atoms with Crippen LogP contribution in [0.25, 0.3) is 10.8 Å². The summed E-state index contributed by atoms with van der Waals surface area (Å²) in [5, 5.41) is 5.28. The number of carbonyl (C=O) groups excluding carboxylic acids is 1. The molecule has 0 aliphatic rings. The summed E-state index contributed by atoms with van der Waals surface area (Å²) in [6.07, 6.45) is 0. The Morgan fingerprint density at radius 1 is 1.00 bits per heavy atom. The van der Waals surface area contributed by atoms with Crippen LogP contribution in [0.1, 0.15) is 30.4 Å². The van der Waals surface area contributed by atoms with Gasteiger partial charge in [-0.2, -0.15) is 5.10 Å². The normalized spacial score (nSPS) is 10.8. The number of aromatic nitrogens is 2. The molecule has 24 heavy (non-hydrogen) atoms. The van der Waals surface area contributed by atoms with Crippen molar-refractivity contribution < 1.29 is 4.79 Å². The molecule has 3 rings (SSSR count). The highest BCUT2D eigenvalue weighted by Crippen LogP contribution is 2.15. The van der Waals surface area contributed by atoms with Gasteiger partial charge in [0.15, 0.2) is 5.69 Å². The fourth-order valence-corrected chi connectivity index (χ4v) is 2.43. The van der Waals surface area contributed by atoms with Gasteiger partial charge in [0.1, 0.15) is 0 Å². The maximum absolute atomic E-state index is 12.6. The second-order valence-corrected chi connectivity index (χ2v) is 5.68. The van der Waals surface area contributed by atoms with E-state index in [9.17, 15) is 9.59 Å². The van der Waals surface area contributed by atoms with Gasteiger partial charge >= 0.3 is 0 Å². The van der Waals surface area contributed by atoms with E-state index in [1.54, 1.807) is 24.3 Å². The van der Waals surface area contributed by atoms with Gasteiger partial charge in [-0.1, -0.05) is 36.4 Å². The Labute approximate surface area is 139 Å². The second-order valence-electron chi connectivity index (χ2n) is 5.68. The van der Waals surface area contributed by atoms with Crippen molar-refractivity contribution in [3.05, 3.63) is 70.6 Å². The van der Waals surface area contributed by atoms with Crippen LogP contribution < -0.4 is 16.4 Å². The average molecular weight is 322 g/mol. The van der Waals surface area contributed by atoms with Crippen molar-refractivity contribution in [1.82, 2.24) is 15.2 Å². The van der Waals surface area contributed by atoms with Crippen LogP contribution in [0.2, 0.25) is 0 Å². The highest BCUT2D eigenvalue weighted by atomic mass is 16.2. The molecule has 2 N–H and O–H groups in total. The third-order valence-electron chi connectivity index (χ3n) is 3.63. The van der Waals surface area contributed by atoms with Gasteiger partial charge in [-0.05, 0) is 32.0 Å². The third-order valence-corrected chi connectivity index (χ3v) is 3.63. The highest BCUT2D eigenvalue weighted by Gasteiger charge is 2.17. The Balaban J connectivity index is 2.00. The first kappa shape index (κ1) is 15.7. The molecular formula is C18H18N4O2. The molecule has 0 atom stereocenters. The molecule has 0 spiro atoms. The monoisotopic (exact) mass is 322 g/mol. The molecule has 0 radical (unpaired) electrons. The van der Waals surface area contributed by atoms with Gasteiger partial charge < -0.3 is 0 Å². The molecule has 1 amide bonds. The minimum absolute atomic E-state index is 0.143. The van der Waals surface area contributed by atoms with Crippen molar-refractivity contribution >= 4 is 22.4 Å². The molecule has 0 bridgehead atoms. The number of benzene rings is 2. The number of nitrogens with zero attached hydrogens (tertiary/aromatic N) is 2. The Morgan fingerprint density at radius 3 is 2.29 bits per heavy atom. The largest absolute Gasteiger partial charge is 0.298 e. The van der Waals surface area contributed by atoms with Crippen LogP contribution in [0.15, 0.2) is 59.4 Å². The molecule has 0 aliphatic carbocycles. The lowest BCUT2D eigenvalue weighted by Gasteiger charge is -2.14. The molecule has 0 aliphatic heterocycles. The quantitative estimate of drug-likeness (QED) is 0.724. The SMILES string of the molecule is CC(C)n1nc(C(=O)NNc2ccccc2)c2ccccc2c1=O. The molecule has 0 unspecified atom stereocenters. The molecule has 1 aromatic heterocycles. The van der Waals surface area contributed by atoms with E-state index in [2.05, 4.69) is 16.0 Å². The number of para-hydroxylation sites is 1. The fourth-order valence-electron chi connectivity index (χ4n) is 2.43. The zero-order valence-electron chi connectivity index (χ0n) is 13.5. The van der Waals surface area contributed by atoms with Crippen LogP contribution in [0.3, 0.4) is 0 Å². The van der Waals surface area contributed by atoms with Crippen molar-refractivity contribution in [2.75, 3.05) is 5.43 Å². The van der Waals surface area contributed by atoms with Crippen LogP contribution >= 0.6 is 0 Å². The summed E-state index contributed by atoms with van der Waals surface area (Å²) in [4.78, 5) is 25.0. The molecular weight excluding hydrogens is 304 g/mol. The Hall–Kier alpha value is -3.15. The number of amides is 1. The van der Waals surface area contributed by atoms with Crippen molar-refractivity contribution in [3.63, 3.8) is 0 Å². The number of hydrogen-bond acceptors (Lipinski definition) is 4. The van der Waals surface area contributed by atoms with Crippen LogP contribution in [-0.2, 0) is 0 Å². The van der Waals surface area contributed by atoms with E-state index in [4.69, 9.17) is 0 Å². The lowest BCUT2D eigenvalue weighted by Crippen LogP contribution is -2.34. The van der Waals surface area contributed by atoms with Crippen LogP contribution in [-0.4, -0.2) is 15.7 Å². The van der Waals surface area contributed by atoms with E-state index in [0.717, 1.165) is 5.69 Å². The summed E-state index contributed by atoms with van der Waals surface area (Å²) in [6, 6.07) is 16.1. The summed E-state index contributed by atoms with van der Waals surface area (Å²) >= 11 is 0. The summed E-state index contributed by atoms with van der Waals surface area (Å²) in [5.74, 6) is -0.399. The van der Waals surface area contributed by atoms with Gasteiger partial charge in [-0.15, -0.1) is 0 Å². The predicted molar refractivity (Wildman–Crippen MR) is 93.9 cm³/mol. The third kappa shape index (κ3) is 2.99. The molecule has 3 aromatic rings. The number of anilines is 1. The zero-order valence-corrected chi connectivity index (χ0v) is 13.5. The zero-order chi connectivity index (χ0) is 17.1.